The molecule has 0 radical (unpaired) electrons. The molecule has 1 atom stereocenters. The number of aliphatic carboxylic acids is 1. The third kappa shape index (κ3) is 3.01. The van der Waals surface area contributed by atoms with Crippen LogP contribution in [0.5, 0.6) is 0 Å². The number of hydrogen-bond donors (Lipinski definition) is 1. The highest BCUT2D eigenvalue weighted by Gasteiger charge is 2.26. The molecule has 13 heavy (non-hydrogen) atoms. The van der Waals surface area contributed by atoms with Gasteiger partial charge in [-0.2, -0.15) is 0 Å². The van der Waals surface area contributed by atoms with E-state index in [4.69, 9.17) is 16.7 Å². The molecule has 1 aliphatic heterocycles. The second-order valence-electron chi connectivity index (χ2n) is 3.21. The Kier molecular flexibility index (Phi) is 4.25. The lowest BCUT2D eigenvalue weighted by molar-refractivity contribution is -0.144. The number of carboxylic acid groups (broad SMARTS) is 1. The van der Waals surface area contributed by atoms with Gasteiger partial charge < -0.3 is 5.11 Å². The monoisotopic (exact) mass is 203 g/mol. The molecule has 0 spiro atoms. The molecule has 1 rings (SSSR count). The summed E-state index contributed by atoms with van der Waals surface area (Å²) in [5.74, 6) is -0.720. The summed E-state index contributed by atoms with van der Waals surface area (Å²) < 4.78 is 0. The van der Waals surface area contributed by atoms with Gasteiger partial charge in [-0.05, 0) is 19.4 Å². The summed E-state index contributed by atoms with van der Waals surface area (Å²) in [4.78, 5) is 12.8. The molecule has 3 nitrogen and oxygen atoms in total. The van der Waals surface area contributed by atoms with Crippen LogP contribution < -0.4 is 0 Å². The van der Waals surface area contributed by atoms with E-state index in [1.165, 1.54) is 5.54 Å². The van der Waals surface area contributed by atoms with E-state index < -0.39 is 5.97 Å². The van der Waals surface area contributed by atoms with Crippen molar-refractivity contribution in [1.82, 2.24) is 4.90 Å². The Balaban J connectivity index is 2.51. The summed E-state index contributed by atoms with van der Waals surface area (Å²) in [7, 11) is 0. The number of halogens is 1. The number of likely N-dealkylation sites (tertiary alicyclic amines) is 1. The average molecular weight is 204 g/mol. The van der Waals surface area contributed by atoms with Gasteiger partial charge in [0.05, 0.1) is 0 Å². The fraction of sp³-hybridized carbons (Fsp3) is 0.667. The minimum absolute atomic E-state index is 0.318. The second kappa shape index (κ2) is 5.25. The molecule has 0 aliphatic carbocycles. The summed E-state index contributed by atoms with van der Waals surface area (Å²) in [6.07, 6.45) is 4.63. The molecule has 74 valence electrons. The first-order valence-corrected chi connectivity index (χ1v) is 4.91. The van der Waals surface area contributed by atoms with Crippen LogP contribution in [0, 0.1) is 0 Å². The van der Waals surface area contributed by atoms with Crippen LogP contribution in [-0.4, -0.2) is 35.1 Å². The number of nitrogens with zero attached hydrogens (tertiary/aromatic N) is 1. The van der Waals surface area contributed by atoms with Crippen LogP contribution in [0.4, 0.5) is 0 Å². The van der Waals surface area contributed by atoms with Crippen molar-refractivity contribution < 1.29 is 9.90 Å². The first-order valence-electron chi connectivity index (χ1n) is 4.48. The molecule has 1 N–H and O–H groups in total. The molecule has 0 aromatic heterocycles. The third-order valence-electron chi connectivity index (χ3n) is 2.33. The Morgan fingerprint density at radius 3 is 3.00 bits per heavy atom. The Morgan fingerprint density at radius 2 is 2.38 bits per heavy atom. The smallest absolute Gasteiger partial charge is 0.320 e. The van der Waals surface area contributed by atoms with Gasteiger partial charge in [0.25, 0.3) is 0 Å². The van der Waals surface area contributed by atoms with Gasteiger partial charge in [0, 0.05) is 12.1 Å². The molecular formula is C9H14ClNO2. The van der Waals surface area contributed by atoms with E-state index in [1.54, 1.807) is 6.08 Å². The van der Waals surface area contributed by atoms with Crippen LogP contribution in [0.3, 0.4) is 0 Å². The zero-order valence-electron chi connectivity index (χ0n) is 7.45. The predicted molar refractivity (Wildman–Crippen MR) is 51.8 cm³/mol. The number of hydrogen-bond acceptors (Lipinski definition) is 2. The highest BCUT2D eigenvalue weighted by Crippen LogP contribution is 2.16. The molecule has 1 saturated heterocycles. The number of carbonyl (C=O) groups is 1. The molecule has 0 aromatic rings. The van der Waals surface area contributed by atoms with Gasteiger partial charge in [0.2, 0.25) is 0 Å². The maximum absolute atomic E-state index is 10.8. The van der Waals surface area contributed by atoms with Crippen molar-refractivity contribution in [2.24, 2.45) is 0 Å². The van der Waals surface area contributed by atoms with Gasteiger partial charge in [-0.25, -0.2) is 0 Å². The highest BCUT2D eigenvalue weighted by molar-refractivity contribution is 6.25. The van der Waals surface area contributed by atoms with Crippen LogP contribution in [-0.2, 0) is 4.79 Å². The van der Waals surface area contributed by atoms with Gasteiger partial charge in [-0.15, -0.1) is 0 Å². The average Bonchev–Trinajstić information content (AvgIpc) is 2.15. The molecule has 1 aliphatic rings. The van der Waals surface area contributed by atoms with E-state index in [1.807, 2.05) is 4.90 Å². The summed E-state index contributed by atoms with van der Waals surface area (Å²) in [5, 5.41) is 8.91. The summed E-state index contributed by atoms with van der Waals surface area (Å²) in [6.45, 7) is 1.50. The fourth-order valence-corrected chi connectivity index (χ4v) is 1.74. The number of piperidine rings is 1. The van der Waals surface area contributed by atoms with Crippen molar-refractivity contribution in [1.29, 1.82) is 0 Å². The summed E-state index contributed by atoms with van der Waals surface area (Å²) >= 11 is 5.39. The molecule has 4 heteroatoms. The van der Waals surface area contributed by atoms with E-state index in [0.717, 1.165) is 25.8 Å². The Morgan fingerprint density at radius 1 is 1.62 bits per heavy atom. The van der Waals surface area contributed by atoms with Crippen LogP contribution in [0.1, 0.15) is 19.3 Å². The van der Waals surface area contributed by atoms with Crippen molar-refractivity contribution in [2.45, 2.75) is 25.3 Å². The zero-order valence-corrected chi connectivity index (χ0v) is 8.20. The van der Waals surface area contributed by atoms with Crippen LogP contribution >= 0.6 is 11.6 Å². The molecule has 0 aromatic carbocycles. The Labute approximate surface area is 83.0 Å². The molecule has 1 heterocycles. The molecule has 0 amide bonds. The minimum atomic E-state index is -0.720. The van der Waals surface area contributed by atoms with E-state index in [2.05, 4.69) is 0 Å². The van der Waals surface area contributed by atoms with E-state index >= 15 is 0 Å². The number of carboxylic acids is 1. The lowest BCUT2D eigenvalue weighted by Crippen LogP contribution is -2.44. The SMILES string of the molecule is O=C(O)C1CCCCN1C/C=C/Cl. The lowest BCUT2D eigenvalue weighted by atomic mass is 10.0. The van der Waals surface area contributed by atoms with Crippen molar-refractivity contribution in [3.63, 3.8) is 0 Å². The molecule has 1 unspecified atom stereocenters. The molecule has 1 fully saturated rings. The predicted octanol–water partition coefficient (Wildman–Crippen LogP) is 1.68. The quantitative estimate of drug-likeness (QED) is 0.759. The standard InChI is InChI=1S/C9H14ClNO2/c10-5-3-7-11-6-2-1-4-8(11)9(12)13/h3,5,8H,1-2,4,6-7H2,(H,12,13)/b5-3+. The van der Waals surface area contributed by atoms with Gasteiger partial charge in [-0.3, -0.25) is 9.69 Å². The molecular weight excluding hydrogens is 190 g/mol. The Hall–Kier alpha value is -0.540. The normalized spacial score (nSPS) is 25.2. The molecule has 0 bridgehead atoms. The Bertz CT molecular complexity index is 206. The molecule has 0 saturated carbocycles. The lowest BCUT2D eigenvalue weighted by Gasteiger charge is -2.31. The first kappa shape index (κ1) is 10.5. The maximum Gasteiger partial charge on any atom is 0.320 e. The van der Waals surface area contributed by atoms with Gasteiger partial charge in [0.1, 0.15) is 6.04 Å². The number of rotatable bonds is 3. The largest absolute Gasteiger partial charge is 0.480 e. The van der Waals surface area contributed by atoms with Gasteiger partial charge in [-0.1, -0.05) is 24.1 Å². The van der Waals surface area contributed by atoms with E-state index in [9.17, 15) is 4.79 Å². The fourth-order valence-electron chi connectivity index (χ4n) is 1.66. The van der Waals surface area contributed by atoms with Crippen molar-refractivity contribution in [3.05, 3.63) is 11.6 Å². The summed E-state index contributed by atoms with van der Waals surface area (Å²) in [5.41, 5.74) is 1.44. The van der Waals surface area contributed by atoms with Crippen molar-refractivity contribution >= 4 is 17.6 Å². The van der Waals surface area contributed by atoms with Gasteiger partial charge in [0.15, 0.2) is 0 Å². The highest BCUT2D eigenvalue weighted by atomic mass is 35.5. The van der Waals surface area contributed by atoms with Crippen LogP contribution in [0.25, 0.3) is 0 Å². The minimum Gasteiger partial charge on any atom is -0.480 e. The van der Waals surface area contributed by atoms with Gasteiger partial charge >= 0.3 is 5.97 Å². The first-order chi connectivity index (χ1) is 6.25. The third-order valence-corrected chi connectivity index (χ3v) is 2.51. The maximum atomic E-state index is 10.8. The van der Waals surface area contributed by atoms with Crippen molar-refractivity contribution in [2.75, 3.05) is 13.1 Å². The van der Waals surface area contributed by atoms with Crippen LogP contribution in [0.2, 0.25) is 0 Å². The van der Waals surface area contributed by atoms with E-state index in [-0.39, 0.29) is 6.04 Å². The summed E-state index contributed by atoms with van der Waals surface area (Å²) in [6, 6.07) is -0.318. The van der Waals surface area contributed by atoms with Crippen molar-refractivity contribution in [3.8, 4) is 0 Å². The van der Waals surface area contributed by atoms with Crippen LogP contribution in [0.15, 0.2) is 11.6 Å². The zero-order chi connectivity index (χ0) is 9.68. The van der Waals surface area contributed by atoms with E-state index in [0.29, 0.717) is 6.54 Å². The topological polar surface area (TPSA) is 40.5 Å². The second-order valence-corrected chi connectivity index (χ2v) is 3.46.